The van der Waals surface area contributed by atoms with Crippen molar-refractivity contribution in [3.8, 4) is 17.1 Å². The molecular formula is C18H16N4O5S2. The van der Waals surface area contributed by atoms with Crippen molar-refractivity contribution in [1.82, 2.24) is 19.4 Å². The molecule has 4 aromatic rings. The van der Waals surface area contributed by atoms with Gasteiger partial charge in [-0.2, -0.15) is 4.98 Å². The molecule has 4 rings (SSSR count). The first-order valence-corrected chi connectivity index (χ1v) is 10.7. The second-order valence-corrected chi connectivity index (χ2v) is 8.88. The average molecular weight is 432 g/mol. The van der Waals surface area contributed by atoms with Crippen LogP contribution in [-0.4, -0.2) is 30.2 Å². The molecule has 2 heterocycles. The normalized spacial score (nSPS) is 11.8. The summed E-state index contributed by atoms with van der Waals surface area (Å²) >= 11 is 0.992. The molecule has 0 saturated heterocycles. The first-order chi connectivity index (χ1) is 13.9. The molecule has 2 aromatic carbocycles. The number of nitrogens with zero attached hydrogens (tertiary/aromatic N) is 3. The van der Waals surface area contributed by atoms with Crippen LogP contribution in [0.3, 0.4) is 0 Å². The highest BCUT2D eigenvalue weighted by Gasteiger charge is 2.18. The van der Waals surface area contributed by atoms with Crippen molar-refractivity contribution >= 4 is 31.6 Å². The largest absolute Gasteiger partial charge is 0.497 e. The number of hydrogen-bond donors (Lipinski definition) is 1. The summed E-state index contributed by atoms with van der Waals surface area (Å²) in [7, 11) is -0.602. The van der Waals surface area contributed by atoms with Crippen LogP contribution in [0, 0.1) is 0 Å². The van der Waals surface area contributed by atoms with E-state index in [4.69, 9.17) is 9.26 Å². The van der Waals surface area contributed by atoms with Gasteiger partial charge in [0.2, 0.25) is 21.7 Å². The van der Waals surface area contributed by atoms with Crippen LogP contribution in [0.5, 0.6) is 5.75 Å². The predicted molar refractivity (Wildman–Crippen MR) is 107 cm³/mol. The van der Waals surface area contributed by atoms with Crippen molar-refractivity contribution in [2.24, 2.45) is 7.05 Å². The molecule has 0 aliphatic carbocycles. The number of hydrogen-bond acceptors (Lipinski definition) is 8. The zero-order chi connectivity index (χ0) is 20.6. The van der Waals surface area contributed by atoms with Crippen LogP contribution in [0.15, 0.2) is 56.7 Å². The van der Waals surface area contributed by atoms with Crippen molar-refractivity contribution in [3.05, 3.63) is 58.0 Å². The minimum Gasteiger partial charge on any atom is -0.497 e. The summed E-state index contributed by atoms with van der Waals surface area (Å²) in [6.45, 7) is -0.158. The van der Waals surface area contributed by atoms with Gasteiger partial charge in [-0.05, 0) is 42.5 Å². The molecular weight excluding hydrogens is 416 g/mol. The zero-order valence-corrected chi connectivity index (χ0v) is 17.1. The molecule has 0 radical (unpaired) electrons. The fraction of sp³-hybridized carbons (Fsp3) is 0.167. The second kappa shape index (κ2) is 7.43. The van der Waals surface area contributed by atoms with Crippen molar-refractivity contribution in [2.45, 2.75) is 11.4 Å². The maximum Gasteiger partial charge on any atom is 0.307 e. The lowest BCUT2D eigenvalue weighted by molar-refractivity contribution is 0.376. The van der Waals surface area contributed by atoms with E-state index in [9.17, 15) is 13.2 Å². The van der Waals surface area contributed by atoms with Gasteiger partial charge in [0.25, 0.3) is 0 Å². The molecule has 29 heavy (non-hydrogen) atoms. The minimum atomic E-state index is -3.82. The van der Waals surface area contributed by atoms with Gasteiger partial charge in [0.1, 0.15) is 5.75 Å². The monoisotopic (exact) mass is 432 g/mol. The smallest absolute Gasteiger partial charge is 0.307 e. The van der Waals surface area contributed by atoms with Crippen LogP contribution in [0.4, 0.5) is 0 Å². The highest BCUT2D eigenvalue weighted by Crippen LogP contribution is 2.22. The molecule has 0 saturated carbocycles. The SMILES string of the molecule is COc1ccc(-c2noc(CNS(=O)(=O)c3ccc4c(c3)sc(=O)n4C)n2)cc1. The van der Waals surface area contributed by atoms with Gasteiger partial charge in [-0.25, -0.2) is 13.1 Å². The summed E-state index contributed by atoms with van der Waals surface area (Å²) in [5, 5.41) is 3.87. The molecule has 0 amide bonds. The van der Waals surface area contributed by atoms with E-state index in [1.807, 2.05) is 0 Å². The Morgan fingerprint density at radius 2 is 1.97 bits per heavy atom. The Hall–Kier alpha value is -3.02. The van der Waals surface area contributed by atoms with Crippen LogP contribution >= 0.6 is 11.3 Å². The number of methoxy groups -OCH3 is 1. The predicted octanol–water partition coefficient (Wildman–Crippen LogP) is 2.14. The second-order valence-electron chi connectivity index (χ2n) is 6.12. The number of benzene rings is 2. The zero-order valence-electron chi connectivity index (χ0n) is 15.4. The summed E-state index contributed by atoms with van der Waals surface area (Å²) in [4.78, 5) is 15.9. The molecule has 0 aliphatic rings. The Labute approximate surface area is 169 Å². The van der Waals surface area contributed by atoms with Crippen molar-refractivity contribution in [3.63, 3.8) is 0 Å². The van der Waals surface area contributed by atoms with E-state index in [0.717, 1.165) is 11.3 Å². The topological polar surface area (TPSA) is 116 Å². The summed E-state index contributed by atoms with van der Waals surface area (Å²) in [6.07, 6.45) is 0. The highest BCUT2D eigenvalue weighted by molar-refractivity contribution is 7.89. The third kappa shape index (κ3) is 3.79. The number of aryl methyl sites for hydroxylation is 1. The molecule has 0 spiro atoms. The van der Waals surface area contributed by atoms with E-state index < -0.39 is 10.0 Å². The van der Waals surface area contributed by atoms with E-state index in [-0.39, 0.29) is 22.2 Å². The van der Waals surface area contributed by atoms with Gasteiger partial charge < -0.3 is 13.8 Å². The fourth-order valence-corrected chi connectivity index (χ4v) is 4.70. The molecule has 1 N–H and O–H groups in total. The Morgan fingerprint density at radius 1 is 1.21 bits per heavy atom. The summed E-state index contributed by atoms with van der Waals surface area (Å²) < 4.78 is 39.9. The van der Waals surface area contributed by atoms with E-state index >= 15 is 0 Å². The van der Waals surface area contributed by atoms with E-state index in [1.54, 1.807) is 44.5 Å². The van der Waals surface area contributed by atoms with Gasteiger partial charge in [-0.1, -0.05) is 16.5 Å². The quantitative estimate of drug-likeness (QED) is 0.496. The lowest BCUT2D eigenvalue weighted by Gasteiger charge is -2.05. The third-order valence-corrected chi connectivity index (χ3v) is 6.70. The van der Waals surface area contributed by atoms with Gasteiger partial charge >= 0.3 is 4.87 Å². The van der Waals surface area contributed by atoms with Gasteiger partial charge in [0.05, 0.1) is 28.8 Å². The van der Waals surface area contributed by atoms with Crippen molar-refractivity contribution in [2.75, 3.05) is 7.11 Å². The molecule has 0 bridgehead atoms. The molecule has 9 nitrogen and oxygen atoms in total. The van der Waals surface area contributed by atoms with Crippen molar-refractivity contribution in [1.29, 1.82) is 0 Å². The Morgan fingerprint density at radius 3 is 2.69 bits per heavy atom. The van der Waals surface area contributed by atoms with Crippen LogP contribution in [0.25, 0.3) is 21.6 Å². The van der Waals surface area contributed by atoms with Crippen molar-refractivity contribution < 1.29 is 17.7 Å². The fourth-order valence-electron chi connectivity index (χ4n) is 2.71. The van der Waals surface area contributed by atoms with Gasteiger partial charge in [-0.15, -0.1) is 0 Å². The van der Waals surface area contributed by atoms with E-state index in [1.165, 1.54) is 16.7 Å². The van der Waals surface area contributed by atoms with E-state index in [2.05, 4.69) is 14.9 Å². The summed E-state index contributed by atoms with van der Waals surface area (Å²) in [6, 6.07) is 11.6. The lowest BCUT2D eigenvalue weighted by Crippen LogP contribution is -2.23. The minimum absolute atomic E-state index is 0.0572. The molecule has 150 valence electrons. The number of aromatic nitrogens is 3. The van der Waals surface area contributed by atoms with Gasteiger partial charge in [0, 0.05) is 12.6 Å². The van der Waals surface area contributed by atoms with Crippen LogP contribution in [-0.2, 0) is 23.6 Å². The first kappa shape index (κ1) is 19.3. The van der Waals surface area contributed by atoms with Crippen LogP contribution in [0.1, 0.15) is 5.89 Å². The number of rotatable bonds is 6. The Kier molecular flexibility index (Phi) is 4.94. The van der Waals surface area contributed by atoms with Gasteiger partial charge in [-0.3, -0.25) is 4.79 Å². The number of nitrogens with one attached hydrogen (secondary N) is 1. The third-order valence-electron chi connectivity index (χ3n) is 4.30. The average Bonchev–Trinajstić information content (AvgIpc) is 3.31. The lowest BCUT2D eigenvalue weighted by atomic mass is 10.2. The van der Waals surface area contributed by atoms with E-state index in [0.29, 0.717) is 27.4 Å². The maximum absolute atomic E-state index is 12.6. The highest BCUT2D eigenvalue weighted by atomic mass is 32.2. The molecule has 0 unspecified atom stereocenters. The Balaban J connectivity index is 1.51. The molecule has 0 aliphatic heterocycles. The maximum atomic E-state index is 12.6. The molecule has 11 heteroatoms. The number of ether oxygens (including phenoxy) is 1. The van der Waals surface area contributed by atoms with Gasteiger partial charge in [0.15, 0.2) is 0 Å². The number of thiazole rings is 1. The molecule has 0 fully saturated rings. The summed E-state index contributed by atoms with van der Waals surface area (Å²) in [5.74, 6) is 1.17. The first-order valence-electron chi connectivity index (χ1n) is 8.43. The molecule has 0 atom stereocenters. The number of sulfonamides is 1. The molecule has 2 aromatic heterocycles. The van der Waals surface area contributed by atoms with Crippen LogP contribution in [0.2, 0.25) is 0 Å². The number of fused-ring (bicyclic) bond motifs is 1. The van der Waals surface area contributed by atoms with Crippen LogP contribution < -0.4 is 14.3 Å². The summed E-state index contributed by atoms with van der Waals surface area (Å²) in [5.41, 5.74) is 1.40. The Bertz CT molecular complexity index is 1340. The standard InChI is InChI=1S/C18H16N4O5S2/c1-22-14-8-7-13(9-15(14)28-18(22)23)29(24,25)19-10-16-20-17(21-27-16)11-3-5-12(26-2)6-4-11/h3-9,19H,10H2,1-2H3.